The van der Waals surface area contributed by atoms with E-state index in [0.29, 0.717) is 6.42 Å². The fourth-order valence-corrected chi connectivity index (χ4v) is 2.48. The smallest absolute Gasteiger partial charge is 0.407 e. The zero-order chi connectivity index (χ0) is 17.5. The number of nitrogens with one attached hydrogen (secondary N) is 1. The minimum absolute atomic E-state index is 0.0530. The summed E-state index contributed by atoms with van der Waals surface area (Å²) in [4.78, 5) is 12.0. The molecule has 2 atom stereocenters. The molecule has 5 nitrogen and oxygen atoms in total. The van der Waals surface area contributed by atoms with Crippen molar-refractivity contribution in [3.63, 3.8) is 0 Å². The first kappa shape index (κ1) is 19.5. The lowest BCUT2D eigenvalue weighted by Gasteiger charge is -2.35. The van der Waals surface area contributed by atoms with Crippen LogP contribution in [0.3, 0.4) is 0 Å². The standard InChI is InChI=1S/C18H29NO4/c1-14(22-5)11-18(13-20,15-9-7-6-8-10-15)12-19-16(21)23-17(2,3)4/h6-10,14,20H,11-13H2,1-5H3,(H,19,21). The second-order valence-electron chi connectivity index (χ2n) is 6.91. The summed E-state index contributed by atoms with van der Waals surface area (Å²) in [5.74, 6) is 0. The van der Waals surface area contributed by atoms with Crippen LogP contribution in [0.25, 0.3) is 0 Å². The first-order valence-electron chi connectivity index (χ1n) is 7.88. The number of carbonyl (C=O) groups is 1. The molecule has 0 spiro atoms. The van der Waals surface area contributed by atoms with Crippen molar-refractivity contribution < 1.29 is 19.4 Å². The fraction of sp³-hybridized carbons (Fsp3) is 0.611. The van der Waals surface area contributed by atoms with Crippen molar-refractivity contribution in [3.8, 4) is 0 Å². The Balaban J connectivity index is 2.93. The average Bonchev–Trinajstić information content (AvgIpc) is 2.50. The number of amides is 1. The molecular weight excluding hydrogens is 294 g/mol. The maximum atomic E-state index is 12.0. The minimum Gasteiger partial charge on any atom is -0.444 e. The minimum atomic E-state index is -0.617. The van der Waals surface area contributed by atoms with Crippen molar-refractivity contribution in [1.82, 2.24) is 5.32 Å². The number of methoxy groups -OCH3 is 1. The van der Waals surface area contributed by atoms with E-state index in [1.54, 1.807) is 7.11 Å². The summed E-state index contributed by atoms with van der Waals surface area (Å²) in [6, 6.07) is 9.67. The Morgan fingerprint density at radius 3 is 2.35 bits per heavy atom. The molecule has 0 aliphatic rings. The highest BCUT2D eigenvalue weighted by molar-refractivity contribution is 5.67. The fourth-order valence-electron chi connectivity index (χ4n) is 2.48. The molecule has 0 fully saturated rings. The molecule has 1 aromatic rings. The van der Waals surface area contributed by atoms with Crippen LogP contribution in [0.2, 0.25) is 0 Å². The molecule has 0 aliphatic carbocycles. The summed E-state index contributed by atoms with van der Waals surface area (Å²) >= 11 is 0. The first-order valence-corrected chi connectivity index (χ1v) is 7.88. The molecule has 5 heteroatoms. The molecule has 0 bridgehead atoms. The van der Waals surface area contributed by atoms with E-state index in [-0.39, 0.29) is 19.3 Å². The van der Waals surface area contributed by atoms with Gasteiger partial charge in [-0.3, -0.25) is 0 Å². The van der Waals surface area contributed by atoms with E-state index < -0.39 is 17.1 Å². The lowest BCUT2D eigenvalue weighted by atomic mass is 9.76. The summed E-state index contributed by atoms with van der Waals surface area (Å²) in [6.45, 7) is 7.57. The second kappa shape index (κ2) is 8.31. The van der Waals surface area contributed by atoms with Crippen LogP contribution in [0, 0.1) is 0 Å². The third-order valence-corrected chi connectivity index (χ3v) is 3.74. The Labute approximate surface area is 139 Å². The highest BCUT2D eigenvalue weighted by atomic mass is 16.6. The zero-order valence-electron chi connectivity index (χ0n) is 14.8. The van der Waals surface area contributed by atoms with Gasteiger partial charge in [-0.05, 0) is 39.7 Å². The van der Waals surface area contributed by atoms with Gasteiger partial charge in [0.1, 0.15) is 5.60 Å². The van der Waals surface area contributed by atoms with E-state index in [9.17, 15) is 9.90 Å². The van der Waals surface area contributed by atoms with E-state index >= 15 is 0 Å². The highest BCUT2D eigenvalue weighted by Gasteiger charge is 2.34. The molecule has 1 rings (SSSR count). The van der Waals surface area contributed by atoms with Crippen LogP contribution in [0.5, 0.6) is 0 Å². The van der Waals surface area contributed by atoms with Gasteiger partial charge >= 0.3 is 6.09 Å². The van der Waals surface area contributed by atoms with Gasteiger partial charge in [0.05, 0.1) is 12.7 Å². The van der Waals surface area contributed by atoms with Gasteiger partial charge < -0.3 is 19.9 Å². The van der Waals surface area contributed by atoms with Crippen LogP contribution in [0.15, 0.2) is 30.3 Å². The molecule has 0 radical (unpaired) electrons. The zero-order valence-corrected chi connectivity index (χ0v) is 14.8. The molecule has 0 aliphatic heterocycles. The SMILES string of the molecule is COC(C)CC(CO)(CNC(=O)OC(C)(C)C)c1ccccc1. The molecule has 2 unspecified atom stereocenters. The van der Waals surface area contributed by atoms with Gasteiger partial charge in [0.15, 0.2) is 0 Å². The van der Waals surface area contributed by atoms with Crippen molar-refractivity contribution in [3.05, 3.63) is 35.9 Å². The van der Waals surface area contributed by atoms with Gasteiger partial charge in [-0.15, -0.1) is 0 Å². The van der Waals surface area contributed by atoms with Gasteiger partial charge in [0.2, 0.25) is 0 Å². The number of aliphatic hydroxyl groups excluding tert-OH is 1. The molecule has 23 heavy (non-hydrogen) atoms. The second-order valence-corrected chi connectivity index (χ2v) is 6.91. The van der Waals surface area contributed by atoms with E-state index in [1.807, 2.05) is 58.0 Å². The molecular formula is C18H29NO4. The summed E-state index contributed by atoms with van der Waals surface area (Å²) < 4.78 is 10.6. The van der Waals surface area contributed by atoms with Crippen LogP contribution in [-0.2, 0) is 14.9 Å². The number of ether oxygens (including phenoxy) is 2. The van der Waals surface area contributed by atoms with Crippen LogP contribution >= 0.6 is 0 Å². The number of benzene rings is 1. The first-order chi connectivity index (χ1) is 10.7. The maximum Gasteiger partial charge on any atom is 0.407 e. The average molecular weight is 323 g/mol. The molecule has 1 amide bonds. The number of carbonyl (C=O) groups excluding carboxylic acids is 1. The Kier molecular flexibility index (Phi) is 7.03. The van der Waals surface area contributed by atoms with E-state index in [1.165, 1.54) is 0 Å². The largest absolute Gasteiger partial charge is 0.444 e. The van der Waals surface area contributed by atoms with E-state index in [4.69, 9.17) is 9.47 Å². The number of hydrogen-bond acceptors (Lipinski definition) is 4. The van der Waals surface area contributed by atoms with Gasteiger partial charge in [0, 0.05) is 19.1 Å². The third kappa shape index (κ3) is 6.20. The van der Waals surface area contributed by atoms with Crippen LogP contribution < -0.4 is 5.32 Å². The van der Waals surface area contributed by atoms with Crippen molar-refractivity contribution in [2.75, 3.05) is 20.3 Å². The van der Waals surface area contributed by atoms with Crippen LogP contribution in [0.1, 0.15) is 39.7 Å². The van der Waals surface area contributed by atoms with Gasteiger partial charge in [-0.2, -0.15) is 0 Å². The maximum absolute atomic E-state index is 12.0. The Bertz CT molecular complexity index is 484. The van der Waals surface area contributed by atoms with E-state index in [0.717, 1.165) is 5.56 Å². The predicted molar refractivity (Wildman–Crippen MR) is 90.5 cm³/mol. The van der Waals surface area contributed by atoms with Gasteiger partial charge in [-0.25, -0.2) is 4.79 Å². The van der Waals surface area contributed by atoms with Gasteiger partial charge in [-0.1, -0.05) is 30.3 Å². The van der Waals surface area contributed by atoms with Crippen molar-refractivity contribution in [1.29, 1.82) is 0 Å². The molecule has 130 valence electrons. The molecule has 0 saturated heterocycles. The lowest BCUT2D eigenvalue weighted by molar-refractivity contribution is 0.0439. The summed E-state index contributed by atoms with van der Waals surface area (Å²) in [5, 5.41) is 12.9. The Morgan fingerprint density at radius 1 is 1.26 bits per heavy atom. The number of alkyl carbamates (subject to hydrolysis) is 1. The lowest BCUT2D eigenvalue weighted by Crippen LogP contribution is -2.46. The Morgan fingerprint density at radius 2 is 1.87 bits per heavy atom. The third-order valence-electron chi connectivity index (χ3n) is 3.74. The predicted octanol–water partition coefficient (Wildman–Crippen LogP) is 2.87. The summed E-state index contributed by atoms with van der Waals surface area (Å²) in [7, 11) is 1.64. The highest BCUT2D eigenvalue weighted by Crippen LogP contribution is 2.29. The quantitative estimate of drug-likeness (QED) is 0.809. The van der Waals surface area contributed by atoms with E-state index in [2.05, 4.69) is 5.32 Å². The molecule has 1 aromatic carbocycles. The Hall–Kier alpha value is -1.59. The monoisotopic (exact) mass is 323 g/mol. The van der Waals surface area contributed by atoms with Gasteiger partial charge in [0.25, 0.3) is 0 Å². The van der Waals surface area contributed by atoms with Crippen LogP contribution in [0.4, 0.5) is 4.79 Å². The summed E-state index contributed by atoms with van der Waals surface area (Å²) in [5.41, 5.74) is -0.214. The van der Waals surface area contributed by atoms with Crippen molar-refractivity contribution in [2.24, 2.45) is 0 Å². The van der Waals surface area contributed by atoms with Crippen molar-refractivity contribution >= 4 is 6.09 Å². The molecule has 0 heterocycles. The van der Waals surface area contributed by atoms with Crippen molar-refractivity contribution in [2.45, 2.75) is 51.2 Å². The number of hydrogen-bond donors (Lipinski definition) is 2. The molecule has 0 aromatic heterocycles. The van der Waals surface area contributed by atoms with Crippen LogP contribution in [-0.4, -0.2) is 43.2 Å². The number of aliphatic hydroxyl groups is 1. The molecule has 2 N–H and O–H groups in total. The topological polar surface area (TPSA) is 67.8 Å². The normalized spacial score (nSPS) is 15.6. The molecule has 0 saturated carbocycles. The summed E-state index contributed by atoms with van der Waals surface area (Å²) in [6.07, 6.45) is 0.0407. The number of rotatable bonds is 7.